The minimum absolute atomic E-state index is 0.138. The van der Waals surface area contributed by atoms with E-state index >= 15 is 0 Å². The quantitative estimate of drug-likeness (QED) is 0.786. The van der Waals surface area contributed by atoms with Crippen LogP contribution >= 0.6 is 11.3 Å². The van der Waals surface area contributed by atoms with Gasteiger partial charge in [0.1, 0.15) is 0 Å². The molecule has 3 aromatic rings. The molecule has 0 fully saturated rings. The minimum atomic E-state index is -0.138. The molecular formula is C16H19N5S. The lowest BCUT2D eigenvalue weighted by Gasteiger charge is -2.07. The molecule has 1 atom stereocenters. The fraction of sp³-hybridized carbons (Fsp3) is 0.312. The standard InChI is InChI=1S/C16H19N5S/c1-11-16(22-12(2)18-11)10-21-9-15(19-20-21)14(17)8-13-6-4-3-5-7-13/h3-7,9,14H,8,10,17H2,1-2H3. The summed E-state index contributed by atoms with van der Waals surface area (Å²) in [5.41, 5.74) is 9.33. The molecule has 0 radical (unpaired) electrons. The third-order valence-electron chi connectivity index (χ3n) is 3.54. The van der Waals surface area contributed by atoms with Gasteiger partial charge in [-0.25, -0.2) is 9.67 Å². The predicted molar refractivity (Wildman–Crippen MR) is 87.8 cm³/mol. The van der Waals surface area contributed by atoms with Crippen LogP contribution in [0.4, 0.5) is 0 Å². The molecule has 1 unspecified atom stereocenters. The van der Waals surface area contributed by atoms with Crippen molar-refractivity contribution in [1.29, 1.82) is 0 Å². The number of thiazole rings is 1. The van der Waals surface area contributed by atoms with Gasteiger partial charge in [-0.15, -0.1) is 16.4 Å². The van der Waals surface area contributed by atoms with E-state index in [1.54, 1.807) is 11.3 Å². The van der Waals surface area contributed by atoms with E-state index < -0.39 is 0 Å². The Hall–Kier alpha value is -2.05. The average Bonchev–Trinajstić information content (AvgIpc) is 3.07. The highest BCUT2D eigenvalue weighted by Crippen LogP contribution is 2.19. The van der Waals surface area contributed by atoms with Gasteiger partial charge >= 0.3 is 0 Å². The molecule has 0 amide bonds. The summed E-state index contributed by atoms with van der Waals surface area (Å²) in [7, 11) is 0. The van der Waals surface area contributed by atoms with Gasteiger partial charge in [0, 0.05) is 4.88 Å². The van der Waals surface area contributed by atoms with Crippen LogP contribution < -0.4 is 5.73 Å². The summed E-state index contributed by atoms with van der Waals surface area (Å²) in [6.07, 6.45) is 2.69. The second kappa shape index (κ2) is 6.37. The molecule has 0 spiro atoms. The molecule has 1 aromatic carbocycles. The summed E-state index contributed by atoms with van der Waals surface area (Å²) in [6, 6.07) is 10.1. The molecule has 0 aliphatic rings. The zero-order valence-electron chi connectivity index (χ0n) is 12.7. The van der Waals surface area contributed by atoms with Crippen molar-refractivity contribution in [3.8, 4) is 0 Å². The summed E-state index contributed by atoms with van der Waals surface area (Å²) in [5, 5.41) is 9.48. The van der Waals surface area contributed by atoms with Gasteiger partial charge in [-0.2, -0.15) is 0 Å². The van der Waals surface area contributed by atoms with Crippen LogP contribution in [-0.4, -0.2) is 20.0 Å². The molecule has 0 aliphatic carbocycles. The van der Waals surface area contributed by atoms with Gasteiger partial charge in [-0.05, 0) is 25.8 Å². The molecule has 0 saturated heterocycles. The first-order valence-corrected chi connectivity index (χ1v) is 8.06. The van der Waals surface area contributed by atoms with Crippen molar-refractivity contribution < 1.29 is 0 Å². The monoisotopic (exact) mass is 313 g/mol. The SMILES string of the molecule is Cc1nc(C)c(Cn2cc(C(N)Cc3ccccc3)nn2)s1. The topological polar surface area (TPSA) is 69.6 Å². The van der Waals surface area contributed by atoms with Crippen molar-refractivity contribution in [1.82, 2.24) is 20.0 Å². The molecule has 2 heterocycles. The number of hydrogen-bond acceptors (Lipinski definition) is 5. The van der Waals surface area contributed by atoms with Crippen molar-refractivity contribution in [2.75, 3.05) is 0 Å². The molecule has 0 aliphatic heterocycles. The zero-order valence-corrected chi connectivity index (χ0v) is 13.5. The van der Waals surface area contributed by atoms with Crippen molar-refractivity contribution in [3.05, 3.63) is 63.4 Å². The number of benzene rings is 1. The summed E-state index contributed by atoms with van der Waals surface area (Å²) in [6.45, 7) is 4.74. The van der Waals surface area contributed by atoms with Crippen LogP contribution in [-0.2, 0) is 13.0 Å². The van der Waals surface area contributed by atoms with Crippen molar-refractivity contribution >= 4 is 11.3 Å². The molecule has 22 heavy (non-hydrogen) atoms. The van der Waals surface area contributed by atoms with Gasteiger partial charge in [0.05, 0.1) is 35.2 Å². The molecule has 2 N–H and O–H groups in total. The van der Waals surface area contributed by atoms with Crippen molar-refractivity contribution in [2.45, 2.75) is 32.9 Å². The largest absolute Gasteiger partial charge is 0.322 e. The number of aromatic nitrogens is 4. The van der Waals surface area contributed by atoms with Crippen LogP contribution in [0.15, 0.2) is 36.5 Å². The van der Waals surface area contributed by atoms with E-state index in [0.717, 1.165) is 22.8 Å². The van der Waals surface area contributed by atoms with Crippen LogP contribution in [0, 0.1) is 13.8 Å². The van der Waals surface area contributed by atoms with Gasteiger partial charge in [0.15, 0.2) is 0 Å². The highest BCUT2D eigenvalue weighted by atomic mass is 32.1. The summed E-state index contributed by atoms with van der Waals surface area (Å²) >= 11 is 1.70. The van der Waals surface area contributed by atoms with Crippen LogP contribution in [0.25, 0.3) is 0 Å². The van der Waals surface area contributed by atoms with E-state index in [0.29, 0.717) is 6.54 Å². The Morgan fingerprint density at radius 3 is 2.68 bits per heavy atom. The van der Waals surface area contributed by atoms with E-state index in [-0.39, 0.29) is 6.04 Å². The Morgan fingerprint density at radius 1 is 1.23 bits per heavy atom. The van der Waals surface area contributed by atoms with E-state index in [1.165, 1.54) is 10.4 Å². The van der Waals surface area contributed by atoms with E-state index in [1.807, 2.05) is 42.9 Å². The smallest absolute Gasteiger partial charge is 0.0997 e. The highest BCUT2D eigenvalue weighted by Gasteiger charge is 2.13. The Balaban J connectivity index is 1.69. The number of aryl methyl sites for hydroxylation is 2. The summed E-state index contributed by atoms with van der Waals surface area (Å²) in [5.74, 6) is 0. The maximum atomic E-state index is 6.24. The molecule has 6 heteroatoms. The van der Waals surface area contributed by atoms with E-state index in [2.05, 4.69) is 27.4 Å². The van der Waals surface area contributed by atoms with Crippen LogP contribution in [0.1, 0.15) is 32.9 Å². The van der Waals surface area contributed by atoms with Gasteiger partial charge in [-0.1, -0.05) is 35.5 Å². The Bertz CT molecular complexity index is 747. The zero-order chi connectivity index (χ0) is 15.5. The molecule has 0 bridgehead atoms. The Kier molecular flexibility index (Phi) is 4.31. The predicted octanol–water partition coefficient (Wildman–Crippen LogP) is 2.64. The maximum absolute atomic E-state index is 6.24. The molecule has 0 saturated carbocycles. The number of rotatable bonds is 5. The first kappa shape index (κ1) is 14.9. The fourth-order valence-electron chi connectivity index (χ4n) is 2.40. The normalized spacial score (nSPS) is 12.5. The first-order chi connectivity index (χ1) is 10.6. The minimum Gasteiger partial charge on any atom is -0.322 e. The van der Waals surface area contributed by atoms with E-state index in [9.17, 15) is 0 Å². The van der Waals surface area contributed by atoms with Crippen LogP contribution in [0.5, 0.6) is 0 Å². The second-order valence-corrected chi connectivity index (χ2v) is 6.67. The molecule has 3 rings (SSSR count). The molecule has 114 valence electrons. The van der Waals surface area contributed by atoms with Gasteiger partial charge in [-0.3, -0.25) is 0 Å². The molecule has 2 aromatic heterocycles. The summed E-state index contributed by atoms with van der Waals surface area (Å²) < 4.78 is 1.83. The van der Waals surface area contributed by atoms with E-state index in [4.69, 9.17) is 5.73 Å². The molecule has 5 nitrogen and oxygen atoms in total. The van der Waals surface area contributed by atoms with Crippen LogP contribution in [0.3, 0.4) is 0 Å². The maximum Gasteiger partial charge on any atom is 0.0997 e. The average molecular weight is 313 g/mol. The Labute approximate surface area is 133 Å². The van der Waals surface area contributed by atoms with Gasteiger partial charge in [0.25, 0.3) is 0 Å². The number of nitrogens with zero attached hydrogens (tertiary/aromatic N) is 4. The second-order valence-electron chi connectivity index (χ2n) is 5.38. The van der Waals surface area contributed by atoms with Crippen LogP contribution in [0.2, 0.25) is 0 Å². The lowest BCUT2D eigenvalue weighted by molar-refractivity contribution is 0.649. The molecular weight excluding hydrogens is 294 g/mol. The lowest BCUT2D eigenvalue weighted by Crippen LogP contribution is -2.13. The van der Waals surface area contributed by atoms with Gasteiger partial charge in [0.2, 0.25) is 0 Å². The lowest BCUT2D eigenvalue weighted by atomic mass is 10.0. The number of nitrogens with two attached hydrogens (primary N) is 1. The third-order valence-corrected chi connectivity index (χ3v) is 4.60. The first-order valence-electron chi connectivity index (χ1n) is 7.24. The fourth-order valence-corrected chi connectivity index (χ4v) is 3.33. The Morgan fingerprint density at radius 2 is 2.00 bits per heavy atom. The highest BCUT2D eigenvalue weighted by molar-refractivity contribution is 7.11. The van der Waals surface area contributed by atoms with Gasteiger partial charge < -0.3 is 5.73 Å². The van der Waals surface area contributed by atoms with Crippen molar-refractivity contribution in [3.63, 3.8) is 0 Å². The third kappa shape index (κ3) is 3.40. The van der Waals surface area contributed by atoms with Crippen molar-refractivity contribution in [2.24, 2.45) is 5.73 Å². The summed E-state index contributed by atoms with van der Waals surface area (Å²) in [4.78, 5) is 5.65. The number of hydrogen-bond donors (Lipinski definition) is 1.